The maximum absolute atomic E-state index is 12.7. The van der Waals surface area contributed by atoms with Crippen molar-refractivity contribution in [1.29, 1.82) is 0 Å². The molecule has 0 amide bonds. The van der Waals surface area contributed by atoms with Crippen molar-refractivity contribution in [3.8, 4) is 5.69 Å². The summed E-state index contributed by atoms with van der Waals surface area (Å²) in [6, 6.07) is 6.51. The van der Waals surface area contributed by atoms with Crippen molar-refractivity contribution >= 4 is 38.4 Å². The van der Waals surface area contributed by atoms with Crippen LogP contribution in [0.3, 0.4) is 0 Å². The molecule has 4 rings (SSSR count). The van der Waals surface area contributed by atoms with Crippen LogP contribution in [0.2, 0.25) is 0 Å². The van der Waals surface area contributed by atoms with Gasteiger partial charge in [0.25, 0.3) is 0 Å². The second-order valence-corrected chi connectivity index (χ2v) is 9.74. The SMILES string of the molecule is CCn1c(COC(=O)c2sccc2-n2cnnn2)nc2cc(S(=O)(=O)N(C)C)ccc21. The first kappa shape index (κ1) is 21.1. The zero-order valence-electron chi connectivity index (χ0n) is 17.0. The Hall–Kier alpha value is -3.16. The number of sulfonamides is 1. The Balaban J connectivity index is 1.60. The average Bonchev–Trinajstić information content (AvgIpc) is 3.49. The first-order valence-electron chi connectivity index (χ1n) is 9.22. The van der Waals surface area contributed by atoms with Gasteiger partial charge in [-0.15, -0.1) is 16.4 Å². The van der Waals surface area contributed by atoms with E-state index in [-0.39, 0.29) is 11.5 Å². The minimum Gasteiger partial charge on any atom is -0.453 e. The first-order valence-corrected chi connectivity index (χ1v) is 11.5. The lowest BCUT2D eigenvalue weighted by molar-refractivity contribution is 0.0464. The van der Waals surface area contributed by atoms with Gasteiger partial charge in [-0.25, -0.2) is 22.5 Å². The van der Waals surface area contributed by atoms with Crippen molar-refractivity contribution in [2.75, 3.05) is 14.1 Å². The fourth-order valence-corrected chi connectivity index (χ4v) is 4.79. The largest absolute Gasteiger partial charge is 0.453 e. The van der Waals surface area contributed by atoms with E-state index in [4.69, 9.17) is 4.74 Å². The van der Waals surface area contributed by atoms with E-state index in [0.717, 1.165) is 9.82 Å². The van der Waals surface area contributed by atoms with Crippen LogP contribution >= 0.6 is 11.3 Å². The molecule has 0 radical (unpaired) electrons. The molecule has 3 aromatic heterocycles. The van der Waals surface area contributed by atoms with E-state index >= 15 is 0 Å². The molecular weight excluding hydrogens is 442 g/mol. The summed E-state index contributed by atoms with van der Waals surface area (Å²) in [4.78, 5) is 17.7. The topological polar surface area (TPSA) is 125 Å². The molecule has 0 aliphatic rings. The molecule has 0 spiro atoms. The summed E-state index contributed by atoms with van der Waals surface area (Å²) in [6.45, 7) is 2.45. The summed E-state index contributed by atoms with van der Waals surface area (Å²) in [5.74, 6) is -0.00290. The molecule has 11 nitrogen and oxygen atoms in total. The summed E-state index contributed by atoms with van der Waals surface area (Å²) in [6.07, 6.45) is 1.40. The predicted octanol–water partition coefficient (Wildman–Crippen LogP) is 1.70. The molecule has 0 atom stereocenters. The number of aromatic nitrogens is 6. The molecule has 0 bridgehead atoms. The van der Waals surface area contributed by atoms with Gasteiger partial charge in [0.1, 0.15) is 23.6 Å². The van der Waals surface area contributed by atoms with Crippen LogP contribution in [0.5, 0.6) is 0 Å². The van der Waals surface area contributed by atoms with Gasteiger partial charge in [0, 0.05) is 20.6 Å². The van der Waals surface area contributed by atoms with Gasteiger partial charge in [-0.3, -0.25) is 0 Å². The third-order valence-electron chi connectivity index (χ3n) is 4.65. The highest BCUT2D eigenvalue weighted by Gasteiger charge is 2.21. The highest BCUT2D eigenvalue weighted by Crippen LogP contribution is 2.24. The highest BCUT2D eigenvalue weighted by atomic mass is 32.2. The number of carbonyl (C=O) groups excluding carboxylic acids is 1. The van der Waals surface area contributed by atoms with E-state index in [9.17, 15) is 13.2 Å². The van der Waals surface area contributed by atoms with Gasteiger partial charge in [0.15, 0.2) is 0 Å². The average molecular weight is 462 g/mol. The zero-order chi connectivity index (χ0) is 22.2. The lowest BCUT2D eigenvalue weighted by atomic mass is 10.3. The lowest BCUT2D eigenvalue weighted by Crippen LogP contribution is -2.22. The van der Waals surface area contributed by atoms with Crippen LogP contribution in [0.15, 0.2) is 40.9 Å². The number of hydrogen-bond donors (Lipinski definition) is 0. The monoisotopic (exact) mass is 461 g/mol. The molecule has 0 fully saturated rings. The lowest BCUT2D eigenvalue weighted by Gasteiger charge is -2.11. The number of ether oxygens (including phenoxy) is 1. The number of rotatable bonds is 7. The van der Waals surface area contributed by atoms with Crippen LogP contribution in [0.4, 0.5) is 0 Å². The molecule has 1 aromatic carbocycles. The van der Waals surface area contributed by atoms with Crippen LogP contribution in [-0.4, -0.2) is 62.5 Å². The predicted molar refractivity (Wildman–Crippen MR) is 112 cm³/mol. The number of benzene rings is 1. The molecule has 0 aliphatic heterocycles. The Morgan fingerprint density at radius 1 is 1.26 bits per heavy atom. The van der Waals surface area contributed by atoms with Crippen molar-refractivity contribution in [2.24, 2.45) is 0 Å². The number of hydrogen-bond acceptors (Lipinski definition) is 9. The van der Waals surface area contributed by atoms with Gasteiger partial charge >= 0.3 is 5.97 Å². The van der Waals surface area contributed by atoms with Crippen molar-refractivity contribution in [2.45, 2.75) is 25.0 Å². The van der Waals surface area contributed by atoms with Crippen LogP contribution in [0.1, 0.15) is 22.4 Å². The molecule has 162 valence electrons. The molecular formula is C18H19N7O4S2. The first-order chi connectivity index (χ1) is 14.8. The molecule has 31 heavy (non-hydrogen) atoms. The van der Waals surface area contributed by atoms with E-state index in [1.807, 2.05) is 11.5 Å². The van der Waals surface area contributed by atoms with E-state index in [1.54, 1.807) is 23.6 Å². The van der Waals surface area contributed by atoms with Crippen molar-refractivity contribution in [3.63, 3.8) is 0 Å². The van der Waals surface area contributed by atoms with Gasteiger partial charge in [0.2, 0.25) is 10.0 Å². The van der Waals surface area contributed by atoms with Gasteiger partial charge in [-0.2, -0.15) is 4.68 Å². The van der Waals surface area contributed by atoms with Crippen LogP contribution < -0.4 is 0 Å². The number of aryl methyl sites for hydroxylation is 1. The molecule has 0 saturated heterocycles. The van der Waals surface area contributed by atoms with E-state index in [0.29, 0.717) is 28.5 Å². The fraction of sp³-hybridized carbons (Fsp3) is 0.278. The fourth-order valence-electron chi connectivity index (χ4n) is 3.10. The summed E-state index contributed by atoms with van der Waals surface area (Å²) in [5, 5.41) is 12.7. The zero-order valence-corrected chi connectivity index (χ0v) is 18.6. The molecule has 0 unspecified atom stereocenters. The maximum atomic E-state index is 12.7. The number of fused-ring (bicyclic) bond motifs is 1. The van der Waals surface area contributed by atoms with Crippen LogP contribution in [0, 0.1) is 0 Å². The number of tetrazole rings is 1. The number of nitrogens with zero attached hydrogens (tertiary/aromatic N) is 7. The highest BCUT2D eigenvalue weighted by molar-refractivity contribution is 7.89. The second kappa shape index (κ2) is 8.17. The quantitative estimate of drug-likeness (QED) is 0.381. The minimum absolute atomic E-state index is 0.0654. The molecule has 13 heteroatoms. The normalized spacial score (nSPS) is 12.0. The molecule has 0 aliphatic carbocycles. The minimum atomic E-state index is -3.58. The Kier molecular flexibility index (Phi) is 5.56. The Morgan fingerprint density at radius 2 is 2.06 bits per heavy atom. The van der Waals surface area contributed by atoms with Crippen molar-refractivity contribution in [1.82, 2.24) is 34.1 Å². The van der Waals surface area contributed by atoms with Gasteiger partial charge < -0.3 is 9.30 Å². The van der Waals surface area contributed by atoms with Crippen LogP contribution in [-0.2, 0) is 27.9 Å². The van der Waals surface area contributed by atoms with E-state index < -0.39 is 16.0 Å². The summed E-state index contributed by atoms with van der Waals surface area (Å²) >= 11 is 1.22. The number of carbonyl (C=O) groups is 1. The number of imidazole rings is 1. The van der Waals surface area contributed by atoms with Gasteiger partial charge in [-0.05, 0) is 47.0 Å². The van der Waals surface area contributed by atoms with Gasteiger partial charge in [0.05, 0.1) is 21.6 Å². The van der Waals surface area contributed by atoms with Crippen molar-refractivity contribution in [3.05, 3.63) is 46.7 Å². The second-order valence-electron chi connectivity index (χ2n) is 6.68. The Labute approximate surface area is 181 Å². The summed E-state index contributed by atoms with van der Waals surface area (Å²) in [7, 11) is -0.628. The third kappa shape index (κ3) is 3.82. The summed E-state index contributed by atoms with van der Waals surface area (Å²) in [5.41, 5.74) is 1.81. The maximum Gasteiger partial charge on any atom is 0.351 e. The van der Waals surface area contributed by atoms with Crippen LogP contribution in [0.25, 0.3) is 16.7 Å². The number of thiophene rings is 1. The van der Waals surface area contributed by atoms with Crippen molar-refractivity contribution < 1.29 is 17.9 Å². The standard InChI is InChI=1S/C18H19N7O4S2/c1-4-24-14-6-5-12(31(27,28)23(2)3)9-13(14)20-16(24)10-29-18(26)17-15(7-8-30-17)25-11-19-21-22-25/h5-9,11H,4,10H2,1-3H3. The molecule has 0 saturated carbocycles. The van der Waals surface area contributed by atoms with E-state index in [2.05, 4.69) is 20.5 Å². The summed E-state index contributed by atoms with van der Waals surface area (Å²) < 4.78 is 34.8. The Morgan fingerprint density at radius 3 is 2.74 bits per heavy atom. The molecule has 4 aromatic rings. The molecule has 0 N–H and O–H groups in total. The Bertz CT molecular complexity index is 1340. The van der Waals surface area contributed by atoms with Gasteiger partial charge in [-0.1, -0.05) is 0 Å². The smallest absolute Gasteiger partial charge is 0.351 e. The van der Waals surface area contributed by atoms with E-state index in [1.165, 1.54) is 42.5 Å². The number of esters is 1. The molecule has 3 heterocycles. The third-order valence-corrected chi connectivity index (χ3v) is 7.35.